The summed E-state index contributed by atoms with van der Waals surface area (Å²) >= 11 is 0. The Hall–Kier alpha value is -3.91. The minimum atomic E-state index is -0.983. The van der Waals surface area contributed by atoms with Crippen molar-refractivity contribution >= 4 is 29.2 Å². The molecule has 3 atom stereocenters. The summed E-state index contributed by atoms with van der Waals surface area (Å²) in [5.41, 5.74) is 1.41. The molecule has 0 aliphatic carbocycles. The molecule has 2 saturated heterocycles. The quantitative estimate of drug-likeness (QED) is 0.475. The molecule has 3 aromatic rings. The molecular weight excluding hydrogens is 400 g/mol. The second-order valence-electron chi connectivity index (χ2n) is 7.22. The van der Waals surface area contributed by atoms with Gasteiger partial charge in [-0.2, -0.15) is 0 Å². The van der Waals surface area contributed by atoms with Crippen LogP contribution in [-0.4, -0.2) is 31.0 Å². The van der Waals surface area contributed by atoms with E-state index in [1.807, 2.05) is 30.3 Å². The fourth-order valence-electron chi connectivity index (χ4n) is 4.08. The Kier molecular flexibility index (Phi) is 4.56. The van der Waals surface area contributed by atoms with E-state index in [1.165, 1.54) is 25.5 Å². The van der Waals surface area contributed by atoms with Gasteiger partial charge in [-0.25, -0.2) is 14.8 Å². The number of hydroxylamine groups is 1. The largest absolute Gasteiger partial charge is 0.467 e. The third-order valence-electron chi connectivity index (χ3n) is 5.51. The van der Waals surface area contributed by atoms with Gasteiger partial charge < -0.3 is 9.15 Å². The van der Waals surface area contributed by atoms with E-state index in [0.29, 0.717) is 22.7 Å². The Morgan fingerprint density at radius 3 is 2.29 bits per heavy atom. The highest BCUT2D eigenvalue weighted by molar-refractivity contribution is 6.24. The monoisotopic (exact) mass is 418 g/mol. The maximum Gasteiger partial charge on any atom is 0.337 e. The molecule has 0 bridgehead atoms. The summed E-state index contributed by atoms with van der Waals surface area (Å²) in [4.78, 5) is 45.4. The van der Waals surface area contributed by atoms with E-state index in [0.717, 1.165) is 4.90 Å². The number of nitrogens with zero attached hydrogens (tertiary/aromatic N) is 2. The fourth-order valence-corrected chi connectivity index (χ4v) is 4.08. The van der Waals surface area contributed by atoms with Crippen LogP contribution >= 0.6 is 0 Å². The molecule has 0 N–H and O–H groups in total. The van der Waals surface area contributed by atoms with Gasteiger partial charge in [0.1, 0.15) is 17.7 Å². The summed E-state index contributed by atoms with van der Waals surface area (Å²) in [7, 11) is 1.29. The van der Waals surface area contributed by atoms with Gasteiger partial charge in [-0.15, -0.1) is 0 Å². The highest BCUT2D eigenvalue weighted by Crippen LogP contribution is 2.47. The number of amides is 2. The fraction of sp³-hybridized carbons (Fsp3) is 0.174. The van der Waals surface area contributed by atoms with Crippen molar-refractivity contribution in [3.8, 4) is 0 Å². The van der Waals surface area contributed by atoms with Crippen molar-refractivity contribution in [3.05, 3.63) is 84.3 Å². The number of hydrogen-bond acceptors (Lipinski definition) is 7. The first-order valence-electron chi connectivity index (χ1n) is 9.71. The third kappa shape index (κ3) is 3.00. The topological polar surface area (TPSA) is 89.3 Å². The van der Waals surface area contributed by atoms with Crippen LogP contribution in [0.25, 0.3) is 0 Å². The zero-order chi connectivity index (χ0) is 21.5. The van der Waals surface area contributed by atoms with Crippen molar-refractivity contribution in [3.63, 3.8) is 0 Å². The molecule has 5 rings (SSSR count). The third-order valence-corrected chi connectivity index (χ3v) is 5.51. The van der Waals surface area contributed by atoms with E-state index in [9.17, 15) is 14.4 Å². The molecule has 0 unspecified atom stereocenters. The number of para-hydroxylation sites is 1. The van der Waals surface area contributed by atoms with E-state index in [-0.39, 0.29) is 5.91 Å². The Morgan fingerprint density at radius 1 is 0.903 bits per heavy atom. The lowest BCUT2D eigenvalue weighted by atomic mass is 9.94. The summed E-state index contributed by atoms with van der Waals surface area (Å²) in [6.07, 6.45) is 0.541. The molecule has 2 aliphatic heterocycles. The molecule has 2 aliphatic rings. The van der Waals surface area contributed by atoms with Crippen LogP contribution in [0.2, 0.25) is 0 Å². The molecule has 156 valence electrons. The number of methoxy groups -OCH3 is 1. The normalized spacial score (nSPS) is 22.7. The number of benzene rings is 2. The second-order valence-corrected chi connectivity index (χ2v) is 7.22. The number of furan rings is 1. The van der Waals surface area contributed by atoms with Crippen molar-refractivity contribution in [2.45, 2.75) is 12.1 Å². The lowest BCUT2D eigenvalue weighted by molar-refractivity contribution is -0.126. The zero-order valence-corrected chi connectivity index (χ0v) is 16.5. The Morgan fingerprint density at radius 2 is 1.65 bits per heavy atom. The molecule has 1 aromatic heterocycles. The Bertz CT molecular complexity index is 1130. The van der Waals surface area contributed by atoms with E-state index in [1.54, 1.807) is 29.3 Å². The second kappa shape index (κ2) is 7.41. The van der Waals surface area contributed by atoms with Gasteiger partial charge in [0.05, 0.1) is 30.3 Å². The number of esters is 1. The van der Waals surface area contributed by atoms with Gasteiger partial charge >= 0.3 is 5.97 Å². The van der Waals surface area contributed by atoms with Crippen molar-refractivity contribution in [1.29, 1.82) is 0 Å². The number of rotatable bonds is 4. The maximum atomic E-state index is 13.4. The number of anilines is 2. The molecule has 0 spiro atoms. The summed E-state index contributed by atoms with van der Waals surface area (Å²) in [5, 5.41) is 1.57. The lowest BCUT2D eigenvalue weighted by Crippen LogP contribution is -2.37. The summed E-state index contributed by atoms with van der Waals surface area (Å²) in [6.45, 7) is 0. The Balaban J connectivity index is 1.51. The van der Waals surface area contributed by atoms with Gasteiger partial charge in [-0.05, 0) is 48.5 Å². The van der Waals surface area contributed by atoms with Crippen molar-refractivity contribution in [2.24, 2.45) is 5.92 Å². The van der Waals surface area contributed by atoms with Gasteiger partial charge in [0, 0.05) is 0 Å². The van der Waals surface area contributed by atoms with Crippen molar-refractivity contribution in [2.75, 3.05) is 17.1 Å². The molecule has 31 heavy (non-hydrogen) atoms. The first-order chi connectivity index (χ1) is 15.1. The predicted octanol–water partition coefficient (Wildman–Crippen LogP) is 3.12. The van der Waals surface area contributed by atoms with Gasteiger partial charge in [-0.3, -0.25) is 14.4 Å². The standard InChI is InChI=1S/C23H18N2O6/c1-29-23(28)14-9-11-15(12-10-14)24-21(26)18-19(17-8-5-13-30-17)25(31-20(18)22(24)27)16-6-3-2-4-7-16/h2-13,18-20H,1H3/t18-,19-,20-/m1/s1. The van der Waals surface area contributed by atoms with Crippen LogP contribution in [0.4, 0.5) is 11.4 Å². The molecule has 0 radical (unpaired) electrons. The Labute approximate surface area is 177 Å². The molecule has 8 heteroatoms. The van der Waals surface area contributed by atoms with Gasteiger partial charge in [0.25, 0.3) is 5.91 Å². The van der Waals surface area contributed by atoms with Crippen molar-refractivity contribution in [1.82, 2.24) is 0 Å². The smallest absolute Gasteiger partial charge is 0.337 e. The highest BCUT2D eigenvalue weighted by atomic mass is 16.7. The number of imide groups is 1. The van der Waals surface area contributed by atoms with Gasteiger partial charge in [-0.1, -0.05) is 18.2 Å². The van der Waals surface area contributed by atoms with E-state index >= 15 is 0 Å². The van der Waals surface area contributed by atoms with Gasteiger partial charge in [0.15, 0.2) is 6.10 Å². The molecule has 8 nitrogen and oxygen atoms in total. The van der Waals surface area contributed by atoms with E-state index in [2.05, 4.69) is 0 Å². The minimum Gasteiger partial charge on any atom is -0.467 e. The van der Waals surface area contributed by atoms with Crippen molar-refractivity contribution < 1.29 is 28.4 Å². The van der Waals surface area contributed by atoms with Crippen LogP contribution in [-0.2, 0) is 19.2 Å². The molecule has 0 saturated carbocycles. The minimum absolute atomic E-state index is 0.325. The van der Waals surface area contributed by atoms with Crippen LogP contribution in [0.15, 0.2) is 77.4 Å². The maximum absolute atomic E-state index is 13.4. The first-order valence-corrected chi connectivity index (χ1v) is 9.71. The number of carbonyl (C=O) groups excluding carboxylic acids is 3. The summed E-state index contributed by atoms with van der Waals surface area (Å²) in [6, 6.07) is 18.3. The lowest BCUT2D eigenvalue weighted by Gasteiger charge is -2.27. The number of hydrogen-bond donors (Lipinski definition) is 0. The SMILES string of the molecule is COC(=O)c1ccc(N2C(=O)[C@@H]3[C@@H](c4ccco4)N(c4ccccc4)O[C@H]3C2=O)cc1. The number of carbonyl (C=O) groups is 3. The molecule has 2 amide bonds. The zero-order valence-electron chi connectivity index (χ0n) is 16.5. The predicted molar refractivity (Wildman–Crippen MR) is 109 cm³/mol. The average Bonchev–Trinajstić information content (AvgIpc) is 3.51. The molecule has 3 heterocycles. The number of fused-ring (bicyclic) bond motifs is 1. The summed E-state index contributed by atoms with van der Waals surface area (Å²) in [5.74, 6) is -1.60. The van der Waals surface area contributed by atoms with E-state index < -0.39 is 29.9 Å². The van der Waals surface area contributed by atoms with Gasteiger partial charge in [0.2, 0.25) is 5.91 Å². The average molecular weight is 418 g/mol. The van der Waals surface area contributed by atoms with Crippen LogP contribution in [0.1, 0.15) is 22.2 Å². The summed E-state index contributed by atoms with van der Waals surface area (Å²) < 4.78 is 10.3. The van der Waals surface area contributed by atoms with Crippen LogP contribution < -0.4 is 9.96 Å². The molecule has 2 fully saturated rings. The highest BCUT2D eigenvalue weighted by Gasteiger charge is 2.61. The first kappa shape index (κ1) is 19.1. The molecular formula is C23H18N2O6. The van der Waals surface area contributed by atoms with Crippen LogP contribution in [0, 0.1) is 5.92 Å². The molecule has 2 aromatic carbocycles. The number of ether oxygens (including phenoxy) is 1. The van der Waals surface area contributed by atoms with E-state index in [4.69, 9.17) is 14.0 Å². The van der Waals surface area contributed by atoms with Crippen LogP contribution in [0.3, 0.4) is 0 Å². The van der Waals surface area contributed by atoms with Crippen LogP contribution in [0.5, 0.6) is 0 Å².